The molecule has 2 N–H and O–H groups in total. The minimum Gasteiger partial charge on any atom is -0.406 e. The van der Waals surface area contributed by atoms with Gasteiger partial charge in [0, 0.05) is 11.4 Å². The Morgan fingerprint density at radius 1 is 1.38 bits per heavy atom. The first-order chi connectivity index (χ1) is 7.46. The number of hydrogen-bond donors (Lipinski definition) is 1. The number of halogens is 3. The smallest absolute Gasteiger partial charge is 0.406 e. The molecule has 0 unspecified atom stereocenters. The van der Waals surface area contributed by atoms with Gasteiger partial charge in [-0.1, -0.05) is 6.92 Å². The second-order valence-electron chi connectivity index (χ2n) is 2.95. The molecule has 90 valence electrons. The van der Waals surface area contributed by atoms with Crippen molar-refractivity contribution in [1.29, 1.82) is 0 Å². The molecule has 0 aliphatic carbocycles. The third-order valence-corrected chi connectivity index (χ3v) is 2.78. The molecule has 0 fully saturated rings. The van der Waals surface area contributed by atoms with Crippen molar-refractivity contribution in [2.45, 2.75) is 24.7 Å². The van der Waals surface area contributed by atoms with Crippen molar-refractivity contribution < 1.29 is 17.9 Å². The average molecular weight is 251 g/mol. The van der Waals surface area contributed by atoms with E-state index < -0.39 is 6.36 Å². The van der Waals surface area contributed by atoms with Crippen LogP contribution in [-0.2, 0) is 6.54 Å². The molecule has 0 bridgehead atoms. The van der Waals surface area contributed by atoms with Gasteiger partial charge < -0.3 is 10.5 Å². The van der Waals surface area contributed by atoms with Gasteiger partial charge in [0.05, 0.1) is 0 Å². The average Bonchev–Trinajstić information content (AvgIpc) is 2.18. The number of rotatable bonds is 4. The Hall–Kier alpha value is -0.880. The molecule has 0 aromatic heterocycles. The zero-order valence-electron chi connectivity index (χ0n) is 8.67. The van der Waals surface area contributed by atoms with E-state index in [1.165, 1.54) is 23.9 Å². The number of alkyl halides is 3. The summed E-state index contributed by atoms with van der Waals surface area (Å²) >= 11 is 1.54. The van der Waals surface area contributed by atoms with E-state index in [1.54, 1.807) is 6.07 Å². The summed E-state index contributed by atoms with van der Waals surface area (Å²) in [6, 6.07) is 4.22. The number of nitrogens with two attached hydrogens (primary N) is 1. The first kappa shape index (κ1) is 13.2. The Balaban J connectivity index is 2.90. The highest BCUT2D eigenvalue weighted by Gasteiger charge is 2.31. The SMILES string of the molecule is CCSc1ccc(OC(F)(F)F)cc1CN. The van der Waals surface area contributed by atoms with Crippen molar-refractivity contribution in [2.24, 2.45) is 5.73 Å². The molecule has 1 aromatic carbocycles. The van der Waals surface area contributed by atoms with Crippen LogP contribution < -0.4 is 10.5 Å². The van der Waals surface area contributed by atoms with Crippen LogP contribution in [0.25, 0.3) is 0 Å². The van der Waals surface area contributed by atoms with Crippen LogP contribution in [0.4, 0.5) is 13.2 Å². The van der Waals surface area contributed by atoms with Crippen molar-refractivity contribution in [1.82, 2.24) is 0 Å². The minimum atomic E-state index is -4.66. The van der Waals surface area contributed by atoms with E-state index in [1.807, 2.05) is 6.92 Å². The van der Waals surface area contributed by atoms with Crippen LogP contribution in [0.15, 0.2) is 23.1 Å². The summed E-state index contributed by atoms with van der Waals surface area (Å²) in [5.41, 5.74) is 6.12. The van der Waals surface area contributed by atoms with Crippen LogP contribution in [0.5, 0.6) is 5.75 Å². The van der Waals surface area contributed by atoms with E-state index in [9.17, 15) is 13.2 Å². The highest BCUT2D eigenvalue weighted by molar-refractivity contribution is 7.99. The van der Waals surface area contributed by atoms with Crippen LogP contribution in [0.3, 0.4) is 0 Å². The van der Waals surface area contributed by atoms with Gasteiger partial charge in [-0.3, -0.25) is 0 Å². The molecule has 1 aromatic rings. The Morgan fingerprint density at radius 3 is 2.56 bits per heavy atom. The highest BCUT2D eigenvalue weighted by Crippen LogP contribution is 2.29. The van der Waals surface area contributed by atoms with E-state index in [-0.39, 0.29) is 12.3 Å². The minimum absolute atomic E-state index is 0.192. The van der Waals surface area contributed by atoms with Crippen LogP contribution in [0, 0.1) is 0 Å². The lowest BCUT2D eigenvalue weighted by Gasteiger charge is -2.12. The molecule has 0 heterocycles. The molecule has 0 spiro atoms. The summed E-state index contributed by atoms with van der Waals surface area (Å²) in [6.45, 7) is 2.16. The lowest BCUT2D eigenvalue weighted by atomic mass is 10.2. The fraction of sp³-hybridized carbons (Fsp3) is 0.400. The molecule has 0 saturated carbocycles. The summed E-state index contributed by atoms with van der Waals surface area (Å²) in [7, 11) is 0. The fourth-order valence-corrected chi connectivity index (χ4v) is 2.01. The topological polar surface area (TPSA) is 35.2 Å². The zero-order valence-corrected chi connectivity index (χ0v) is 9.49. The second kappa shape index (κ2) is 5.45. The highest BCUT2D eigenvalue weighted by atomic mass is 32.2. The van der Waals surface area contributed by atoms with Crippen molar-refractivity contribution in [2.75, 3.05) is 5.75 Å². The molecule has 1 rings (SSSR count). The number of thioether (sulfide) groups is 1. The first-order valence-corrected chi connectivity index (χ1v) is 5.66. The van der Waals surface area contributed by atoms with Gasteiger partial charge in [0.2, 0.25) is 0 Å². The van der Waals surface area contributed by atoms with Gasteiger partial charge in [0.25, 0.3) is 0 Å². The van der Waals surface area contributed by atoms with E-state index in [0.717, 1.165) is 10.6 Å². The predicted octanol–water partition coefficient (Wildman–Crippen LogP) is 3.16. The Bertz CT molecular complexity index is 354. The molecule has 0 amide bonds. The predicted molar refractivity (Wildman–Crippen MR) is 57.4 cm³/mol. The summed E-state index contributed by atoms with van der Waals surface area (Å²) in [4.78, 5) is 0.888. The maximum Gasteiger partial charge on any atom is 0.573 e. The lowest BCUT2D eigenvalue weighted by Crippen LogP contribution is -2.17. The molecule has 0 saturated heterocycles. The monoisotopic (exact) mass is 251 g/mol. The summed E-state index contributed by atoms with van der Waals surface area (Å²) in [5, 5.41) is 0. The zero-order chi connectivity index (χ0) is 12.2. The molecule has 2 nitrogen and oxygen atoms in total. The molecular formula is C10H12F3NOS. The molecule has 16 heavy (non-hydrogen) atoms. The second-order valence-corrected chi connectivity index (χ2v) is 4.26. The third kappa shape index (κ3) is 3.94. The molecule has 6 heteroatoms. The van der Waals surface area contributed by atoms with Gasteiger partial charge in [0.15, 0.2) is 0 Å². The number of ether oxygens (including phenoxy) is 1. The Labute approximate surface area is 96.0 Å². The van der Waals surface area contributed by atoms with Crippen molar-refractivity contribution in [3.05, 3.63) is 23.8 Å². The normalized spacial score (nSPS) is 11.6. The maximum absolute atomic E-state index is 12.0. The van der Waals surface area contributed by atoms with Crippen LogP contribution in [0.1, 0.15) is 12.5 Å². The Kier molecular flexibility index (Phi) is 4.49. The van der Waals surface area contributed by atoms with Gasteiger partial charge in [-0.25, -0.2) is 0 Å². The Morgan fingerprint density at radius 2 is 2.06 bits per heavy atom. The maximum atomic E-state index is 12.0. The van der Waals surface area contributed by atoms with Crippen LogP contribution in [-0.4, -0.2) is 12.1 Å². The van der Waals surface area contributed by atoms with E-state index in [4.69, 9.17) is 5.73 Å². The summed E-state index contributed by atoms with van der Waals surface area (Å²) in [6.07, 6.45) is -4.66. The lowest BCUT2D eigenvalue weighted by molar-refractivity contribution is -0.274. The first-order valence-electron chi connectivity index (χ1n) is 4.67. The standard InChI is InChI=1S/C10H12F3NOS/c1-2-16-9-4-3-8(5-7(9)6-14)15-10(11,12)13/h3-5H,2,6,14H2,1H3. The molecular weight excluding hydrogens is 239 g/mol. The molecule has 0 radical (unpaired) electrons. The van der Waals surface area contributed by atoms with Crippen LogP contribution >= 0.6 is 11.8 Å². The molecule has 0 aliphatic heterocycles. The van der Waals surface area contributed by atoms with E-state index >= 15 is 0 Å². The third-order valence-electron chi connectivity index (χ3n) is 1.79. The summed E-state index contributed by atoms with van der Waals surface area (Å²) in [5.74, 6) is 0.611. The van der Waals surface area contributed by atoms with Gasteiger partial charge >= 0.3 is 6.36 Å². The number of hydrogen-bond acceptors (Lipinski definition) is 3. The van der Waals surface area contributed by atoms with Crippen molar-refractivity contribution in [3.8, 4) is 5.75 Å². The number of benzene rings is 1. The largest absolute Gasteiger partial charge is 0.573 e. The van der Waals surface area contributed by atoms with Gasteiger partial charge in [-0.15, -0.1) is 24.9 Å². The van der Waals surface area contributed by atoms with Crippen molar-refractivity contribution in [3.63, 3.8) is 0 Å². The van der Waals surface area contributed by atoms with E-state index in [2.05, 4.69) is 4.74 Å². The van der Waals surface area contributed by atoms with Crippen molar-refractivity contribution >= 4 is 11.8 Å². The van der Waals surface area contributed by atoms with Gasteiger partial charge in [0.1, 0.15) is 5.75 Å². The quantitative estimate of drug-likeness (QED) is 0.835. The fourth-order valence-electron chi connectivity index (χ4n) is 1.21. The van der Waals surface area contributed by atoms with Gasteiger partial charge in [-0.05, 0) is 29.5 Å². The van der Waals surface area contributed by atoms with Crippen LogP contribution in [0.2, 0.25) is 0 Å². The molecule has 0 aliphatic rings. The van der Waals surface area contributed by atoms with Gasteiger partial charge in [-0.2, -0.15) is 0 Å². The summed E-state index contributed by atoms with van der Waals surface area (Å²) < 4.78 is 39.7. The van der Waals surface area contributed by atoms with E-state index in [0.29, 0.717) is 5.56 Å². The molecule has 0 atom stereocenters.